The maximum absolute atomic E-state index is 11.0. The minimum absolute atomic E-state index is 0.194. The summed E-state index contributed by atoms with van der Waals surface area (Å²) in [6, 6.07) is 8.04. The Bertz CT molecular complexity index is 389. The van der Waals surface area contributed by atoms with Gasteiger partial charge < -0.3 is 14.4 Å². The molecule has 0 aromatic heterocycles. The zero-order valence-electron chi connectivity index (χ0n) is 12.0. The highest BCUT2D eigenvalue weighted by Gasteiger charge is 2.04. The predicted molar refractivity (Wildman–Crippen MR) is 76.7 cm³/mol. The number of esters is 1. The van der Waals surface area contributed by atoms with E-state index in [4.69, 9.17) is 4.74 Å². The maximum Gasteiger partial charge on any atom is 0.305 e. The highest BCUT2D eigenvalue weighted by atomic mass is 16.5. The van der Waals surface area contributed by atoms with Crippen LogP contribution >= 0.6 is 0 Å². The van der Waals surface area contributed by atoms with Crippen molar-refractivity contribution in [2.75, 3.05) is 31.7 Å². The third-order valence-electron chi connectivity index (χ3n) is 2.97. The minimum atomic E-state index is -0.194. The summed E-state index contributed by atoms with van der Waals surface area (Å²) in [7, 11) is 1.40. The van der Waals surface area contributed by atoms with Crippen molar-refractivity contribution < 1.29 is 14.3 Å². The molecule has 0 N–H and O–H groups in total. The highest BCUT2D eigenvalue weighted by molar-refractivity contribution is 5.69. The van der Waals surface area contributed by atoms with E-state index in [1.54, 1.807) is 0 Å². The molecule has 0 amide bonds. The second-order valence-corrected chi connectivity index (χ2v) is 4.20. The van der Waals surface area contributed by atoms with Gasteiger partial charge in [-0.25, -0.2) is 0 Å². The molecule has 0 heterocycles. The van der Waals surface area contributed by atoms with Crippen molar-refractivity contribution in [2.24, 2.45) is 0 Å². The summed E-state index contributed by atoms with van der Waals surface area (Å²) in [5, 5.41) is 0. The molecule has 0 spiro atoms. The van der Waals surface area contributed by atoms with Gasteiger partial charge in [0.25, 0.3) is 0 Å². The Morgan fingerprint density at radius 3 is 2.63 bits per heavy atom. The van der Waals surface area contributed by atoms with Gasteiger partial charge in [0.1, 0.15) is 5.75 Å². The van der Waals surface area contributed by atoms with Crippen LogP contribution in [0.2, 0.25) is 0 Å². The maximum atomic E-state index is 11.0. The smallest absolute Gasteiger partial charge is 0.305 e. The van der Waals surface area contributed by atoms with Crippen LogP contribution in [0.15, 0.2) is 24.3 Å². The third-order valence-corrected chi connectivity index (χ3v) is 2.97. The zero-order valence-corrected chi connectivity index (χ0v) is 12.0. The third kappa shape index (κ3) is 5.20. The molecule has 4 nitrogen and oxygen atoms in total. The fourth-order valence-electron chi connectivity index (χ4n) is 1.87. The molecule has 0 atom stereocenters. The van der Waals surface area contributed by atoms with Gasteiger partial charge in [0.05, 0.1) is 13.7 Å². The molecule has 4 heteroatoms. The van der Waals surface area contributed by atoms with Crippen molar-refractivity contribution in [3.63, 3.8) is 0 Å². The lowest BCUT2D eigenvalue weighted by Gasteiger charge is -2.21. The Morgan fingerprint density at radius 1 is 1.26 bits per heavy atom. The Kier molecular flexibility index (Phi) is 6.79. The topological polar surface area (TPSA) is 38.8 Å². The molecule has 1 aromatic rings. The van der Waals surface area contributed by atoms with Gasteiger partial charge in [0.2, 0.25) is 0 Å². The van der Waals surface area contributed by atoms with Gasteiger partial charge in [-0.1, -0.05) is 6.07 Å². The van der Waals surface area contributed by atoms with Crippen molar-refractivity contribution in [3.8, 4) is 5.75 Å². The fourth-order valence-corrected chi connectivity index (χ4v) is 1.87. The number of anilines is 1. The molecule has 0 unspecified atom stereocenters. The van der Waals surface area contributed by atoms with E-state index in [1.165, 1.54) is 7.11 Å². The summed E-state index contributed by atoms with van der Waals surface area (Å²) in [5.74, 6) is 0.648. The summed E-state index contributed by atoms with van der Waals surface area (Å²) in [6.07, 6.45) is 1.06. The molecule has 0 aliphatic rings. The SMILES string of the molecule is CCN(CC)c1cccc(OCCCC(=O)OC)c1. The molecule has 0 bridgehead atoms. The first-order valence-corrected chi connectivity index (χ1v) is 6.75. The Labute approximate surface area is 115 Å². The van der Waals surface area contributed by atoms with Crippen LogP contribution in [0.4, 0.5) is 5.69 Å². The number of methoxy groups -OCH3 is 1. The van der Waals surface area contributed by atoms with E-state index < -0.39 is 0 Å². The normalized spacial score (nSPS) is 10.1. The molecule has 0 saturated carbocycles. The van der Waals surface area contributed by atoms with Crippen molar-refractivity contribution in [3.05, 3.63) is 24.3 Å². The summed E-state index contributed by atoms with van der Waals surface area (Å²) >= 11 is 0. The van der Waals surface area contributed by atoms with E-state index in [2.05, 4.69) is 29.6 Å². The number of rotatable bonds is 8. The monoisotopic (exact) mass is 265 g/mol. The van der Waals surface area contributed by atoms with Gasteiger partial charge in [-0.15, -0.1) is 0 Å². The van der Waals surface area contributed by atoms with E-state index in [-0.39, 0.29) is 5.97 Å². The first-order valence-electron chi connectivity index (χ1n) is 6.75. The average Bonchev–Trinajstić information content (AvgIpc) is 2.45. The second-order valence-electron chi connectivity index (χ2n) is 4.20. The highest BCUT2D eigenvalue weighted by Crippen LogP contribution is 2.21. The lowest BCUT2D eigenvalue weighted by molar-refractivity contribution is -0.140. The molecule has 1 rings (SSSR count). The summed E-state index contributed by atoms with van der Waals surface area (Å²) in [6.45, 7) is 6.74. The van der Waals surface area contributed by atoms with Crippen molar-refractivity contribution in [2.45, 2.75) is 26.7 Å². The quantitative estimate of drug-likeness (QED) is 0.535. The summed E-state index contributed by atoms with van der Waals surface area (Å²) in [5.41, 5.74) is 1.16. The summed E-state index contributed by atoms with van der Waals surface area (Å²) in [4.78, 5) is 13.2. The molecule has 0 fully saturated rings. The number of carbonyl (C=O) groups is 1. The largest absolute Gasteiger partial charge is 0.494 e. The van der Waals surface area contributed by atoms with Gasteiger partial charge in [-0.05, 0) is 32.4 Å². The zero-order chi connectivity index (χ0) is 14.1. The molecule has 0 aliphatic carbocycles. The molecule has 106 valence electrons. The predicted octanol–water partition coefficient (Wildman–Crippen LogP) is 2.86. The van der Waals surface area contributed by atoms with E-state index >= 15 is 0 Å². The van der Waals surface area contributed by atoms with E-state index in [1.807, 2.05) is 18.2 Å². The Balaban J connectivity index is 2.46. The first-order chi connectivity index (χ1) is 9.21. The number of nitrogens with zero attached hydrogens (tertiary/aromatic N) is 1. The molecule has 1 aromatic carbocycles. The lowest BCUT2D eigenvalue weighted by atomic mass is 10.2. The molecule has 0 aliphatic heterocycles. The van der Waals surface area contributed by atoms with Crippen LogP contribution in [0, 0.1) is 0 Å². The summed E-state index contributed by atoms with van der Waals surface area (Å²) < 4.78 is 10.2. The fraction of sp³-hybridized carbons (Fsp3) is 0.533. The number of hydrogen-bond acceptors (Lipinski definition) is 4. The molecule has 19 heavy (non-hydrogen) atoms. The van der Waals surface area contributed by atoms with Crippen molar-refractivity contribution in [1.29, 1.82) is 0 Å². The van der Waals surface area contributed by atoms with E-state index in [9.17, 15) is 4.79 Å². The van der Waals surface area contributed by atoms with Crippen LogP contribution in [0.25, 0.3) is 0 Å². The Hall–Kier alpha value is -1.71. The average molecular weight is 265 g/mol. The van der Waals surface area contributed by atoms with E-state index in [0.717, 1.165) is 24.5 Å². The van der Waals surface area contributed by atoms with Gasteiger partial charge in [0.15, 0.2) is 0 Å². The van der Waals surface area contributed by atoms with Crippen LogP contribution in [0.5, 0.6) is 5.75 Å². The first kappa shape index (κ1) is 15.3. The number of ether oxygens (including phenoxy) is 2. The molecular weight excluding hydrogens is 242 g/mol. The van der Waals surface area contributed by atoms with Gasteiger partial charge in [0, 0.05) is 31.3 Å². The van der Waals surface area contributed by atoms with Gasteiger partial charge >= 0.3 is 5.97 Å². The lowest BCUT2D eigenvalue weighted by Crippen LogP contribution is -2.21. The molecular formula is C15H23NO3. The van der Waals surface area contributed by atoms with Crippen LogP contribution < -0.4 is 9.64 Å². The van der Waals surface area contributed by atoms with Crippen molar-refractivity contribution in [1.82, 2.24) is 0 Å². The van der Waals surface area contributed by atoms with Crippen molar-refractivity contribution >= 4 is 11.7 Å². The second kappa shape index (κ2) is 8.40. The van der Waals surface area contributed by atoms with Crippen LogP contribution in [0.3, 0.4) is 0 Å². The van der Waals surface area contributed by atoms with Crippen LogP contribution in [-0.4, -0.2) is 32.8 Å². The Morgan fingerprint density at radius 2 is 2.00 bits per heavy atom. The van der Waals surface area contributed by atoms with Crippen LogP contribution in [0.1, 0.15) is 26.7 Å². The van der Waals surface area contributed by atoms with E-state index in [0.29, 0.717) is 19.4 Å². The standard InChI is InChI=1S/C15H23NO3/c1-4-16(5-2)13-8-6-9-14(12-13)19-11-7-10-15(17)18-3/h6,8-9,12H,4-5,7,10-11H2,1-3H3. The number of benzene rings is 1. The molecule has 0 saturated heterocycles. The van der Waals surface area contributed by atoms with Gasteiger partial charge in [-0.2, -0.15) is 0 Å². The van der Waals surface area contributed by atoms with Crippen LogP contribution in [-0.2, 0) is 9.53 Å². The minimum Gasteiger partial charge on any atom is -0.494 e. The van der Waals surface area contributed by atoms with Gasteiger partial charge in [-0.3, -0.25) is 4.79 Å². The molecule has 0 radical (unpaired) electrons. The number of hydrogen-bond donors (Lipinski definition) is 0. The number of carbonyl (C=O) groups excluding carboxylic acids is 1.